The molecular formula is C25H28N4O6S. The largest absolute Gasteiger partial charge is 0.493 e. The van der Waals surface area contributed by atoms with Crippen LogP contribution in [-0.2, 0) is 21.2 Å². The molecular weight excluding hydrogens is 484 g/mol. The van der Waals surface area contributed by atoms with Crippen LogP contribution in [0.2, 0.25) is 0 Å². The summed E-state index contributed by atoms with van der Waals surface area (Å²) >= 11 is 0. The van der Waals surface area contributed by atoms with Crippen molar-refractivity contribution in [3.8, 4) is 11.5 Å². The van der Waals surface area contributed by atoms with Crippen molar-refractivity contribution in [2.45, 2.75) is 23.8 Å². The quantitative estimate of drug-likeness (QED) is 0.315. The first-order valence-electron chi connectivity index (χ1n) is 11.3. The van der Waals surface area contributed by atoms with Gasteiger partial charge in [-0.3, -0.25) is 9.69 Å². The third-order valence-corrected chi connectivity index (χ3v) is 7.82. The maximum absolute atomic E-state index is 13.8. The second-order valence-electron chi connectivity index (χ2n) is 8.18. The minimum Gasteiger partial charge on any atom is -0.493 e. The fourth-order valence-corrected chi connectivity index (χ4v) is 5.76. The lowest BCUT2D eigenvalue weighted by Crippen LogP contribution is -2.41. The van der Waals surface area contributed by atoms with Gasteiger partial charge in [0.05, 0.1) is 19.1 Å². The smallest absolute Gasteiger partial charge is 0.341 e. The van der Waals surface area contributed by atoms with Crippen LogP contribution in [0, 0.1) is 0 Å². The lowest BCUT2D eigenvalue weighted by atomic mass is 10.1. The van der Waals surface area contributed by atoms with E-state index in [1.165, 1.54) is 32.4 Å². The Morgan fingerprint density at radius 2 is 1.81 bits per heavy atom. The van der Waals surface area contributed by atoms with Crippen LogP contribution in [0.25, 0.3) is 10.9 Å². The third-order valence-electron chi connectivity index (χ3n) is 6.04. The summed E-state index contributed by atoms with van der Waals surface area (Å²) in [5, 5.41) is 0.850. The zero-order chi connectivity index (χ0) is 25.9. The zero-order valence-corrected chi connectivity index (χ0v) is 20.8. The van der Waals surface area contributed by atoms with Crippen LogP contribution in [0.4, 0.5) is 4.79 Å². The number of sulfonamides is 1. The number of benzene rings is 2. The summed E-state index contributed by atoms with van der Waals surface area (Å²) in [5.74, 6) is -0.0692. The molecule has 0 bridgehead atoms. The number of para-hydroxylation sites is 1. The summed E-state index contributed by atoms with van der Waals surface area (Å²) in [4.78, 5) is 30.7. The number of aromatic nitrogens is 1. The molecule has 0 aliphatic carbocycles. The van der Waals surface area contributed by atoms with Crippen LogP contribution < -0.4 is 15.2 Å². The number of nitrogens with one attached hydrogen (secondary N) is 1. The number of nitrogens with zero attached hydrogens (tertiary/aromatic N) is 2. The van der Waals surface area contributed by atoms with Crippen molar-refractivity contribution in [2.75, 3.05) is 27.3 Å². The van der Waals surface area contributed by atoms with E-state index < -0.39 is 28.0 Å². The molecule has 1 saturated heterocycles. The fraction of sp³-hybridized carbons (Fsp3) is 0.280. The molecule has 0 radical (unpaired) electrons. The van der Waals surface area contributed by atoms with Gasteiger partial charge in [-0.15, -0.1) is 0 Å². The highest BCUT2D eigenvalue weighted by Crippen LogP contribution is 2.34. The number of H-pyrrole nitrogens is 1. The Morgan fingerprint density at radius 1 is 1.06 bits per heavy atom. The molecule has 1 aliphatic heterocycles. The number of methoxy groups -OCH3 is 2. The second-order valence-corrected chi connectivity index (χ2v) is 9.99. The molecule has 3 N–H and O–H groups in total. The molecule has 1 fully saturated rings. The Balaban J connectivity index is 1.76. The third kappa shape index (κ3) is 4.54. The average Bonchev–Trinajstić information content (AvgIpc) is 3.40. The van der Waals surface area contributed by atoms with Gasteiger partial charge >= 0.3 is 6.03 Å². The minimum atomic E-state index is -4.42. The molecule has 3 aromatic rings. The number of amides is 3. The number of urea groups is 1. The van der Waals surface area contributed by atoms with E-state index in [4.69, 9.17) is 15.2 Å². The van der Waals surface area contributed by atoms with Gasteiger partial charge in [-0.1, -0.05) is 30.4 Å². The molecule has 36 heavy (non-hydrogen) atoms. The first-order valence-corrected chi connectivity index (χ1v) is 12.8. The number of rotatable bonds is 10. The Hall–Kier alpha value is -3.83. The molecule has 2 aromatic carbocycles. The summed E-state index contributed by atoms with van der Waals surface area (Å²) in [5.41, 5.74) is 7.07. The van der Waals surface area contributed by atoms with Gasteiger partial charge in [-0.2, -0.15) is 0 Å². The van der Waals surface area contributed by atoms with Gasteiger partial charge in [-0.05, 0) is 36.7 Å². The van der Waals surface area contributed by atoms with Crippen molar-refractivity contribution < 1.29 is 27.5 Å². The first-order chi connectivity index (χ1) is 17.3. The summed E-state index contributed by atoms with van der Waals surface area (Å²) in [6, 6.07) is 9.37. The van der Waals surface area contributed by atoms with Crippen LogP contribution in [0.15, 0.2) is 65.7 Å². The monoisotopic (exact) mass is 512 g/mol. The van der Waals surface area contributed by atoms with Gasteiger partial charge < -0.3 is 20.2 Å². The highest BCUT2D eigenvalue weighted by atomic mass is 32.2. The van der Waals surface area contributed by atoms with E-state index in [2.05, 4.69) is 4.98 Å². The zero-order valence-electron chi connectivity index (χ0n) is 20.0. The summed E-state index contributed by atoms with van der Waals surface area (Å²) in [6.45, 7) is 0.362. The SMILES string of the molecule is COc1ccc(S(=O)(=O)N2C(=O)N(C/C=C/CCN)C(=O)C2Cc2c[nH]c3ccccc23)cc1OC. The van der Waals surface area contributed by atoms with Crippen LogP contribution in [-0.4, -0.2) is 67.9 Å². The van der Waals surface area contributed by atoms with Crippen molar-refractivity contribution in [1.82, 2.24) is 14.2 Å². The van der Waals surface area contributed by atoms with E-state index in [1.54, 1.807) is 18.3 Å². The molecule has 1 unspecified atom stereocenters. The number of imide groups is 1. The van der Waals surface area contributed by atoms with Gasteiger partial charge in [-0.25, -0.2) is 17.5 Å². The topological polar surface area (TPSA) is 135 Å². The Bertz CT molecular complexity index is 1410. The summed E-state index contributed by atoms with van der Waals surface area (Å²) in [6.07, 6.45) is 5.71. The van der Waals surface area contributed by atoms with Crippen LogP contribution >= 0.6 is 0 Å². The van der Waals surface area contributed by atoms with E-state index in [-0.39, 0.29) is 23.6 Å². The van der Waals surface area contributed by atoms with Crippen molar-refractivity contribution in [3.63, 3.8) is 0 Å². The molecule has 3 amide bonds. The normalized spacial score (nSPS) is 16.5. The molecule has 1 aliphatic rings. The van der Waals surface area contributed by atoms with Gasteiger partial charge in [0.25, 0.3) is 15.9 Å². The van der Waals surface area contributed by atoms with E-state index in [1.807, 2.05) is 24.3 Å². The van der Waals surface area contributed by atoms with Crippen molar-refractivity contribution in [3.05, 3.63) is 66.4 Å². The molecule has 1 atom stereocenters. The number of nitrogens with two attached hydrogens (primary N) is 1. The molecule has 190 valence electrons. The number of carbonyl (C=O) groups excluding carboxylic acids is 2. The number of ether oxygens (including phenoxy) is 2. The van der Waals surface area contributed by atoms with Gasteiger partial charge in [0.15, 0.2) is 11.5 Å². The minimum absolute atomic E-state index is 0.0180. The molecule has 11 heteroatoms. The van der Waals surface area contributed by atoms with Crippen molar-refractivity contribution >= 4 is 32.9 Å². The summed E-state index contributed by atoms with van der Waals surface area (Å²) < 4.78 is 38.7. The van der Waals surface area contributed by atoms with Gasteiger partial charge in [0, 0.05) is 36.1 Å². The van der Waals surface area contributed by atoms with E-state index in [0.29, 0.717) is 23.0 Å². The predicted octanol–water partition coefficient (Wildman–Crippen LogP) is 2.65. The van der Waals surface area contributed by atoms with E-state index in [0.717, 1.165) is 21.4 Å². The first kappa shape index (κ1) is 25.3. The molecule has 4 rings (SSSR count). The Morgan fingerprint density at radius 3 is 2.53 bits per heavy atom. The predicted molar refractivity (Wildman–Crippen MR) is 134 cm³/mol. The molecule has 0 spiro atoms. The molecule has 10 nitrogen and oxygen atoms in total. The number of fused-ring (bicyclic) bond motifs is 1. The van der Waals surface area contributed by atoms with Crippen LogP contribution in [0.1, 0.15) is 12.0 Å². The van der Waals surface area contributed by atoms with Gasteiger partial charge in [0.1, 0.15) is 6.04 Å². The lowest BCUT2D eigenvalue weighted by molar-refractivity contribution is -0.127. The number of aromatic amines is 1. The van der Waals surface area contributed by atoms with Crippen LogP contribution in [0.3, 0.4) is 0 Å². The van der Waals surface area contributed by atoms with Gasteiger partial charge in [0.2, 0.25) is 0 Å². The van der Waals surface area contributed by atoms with Crippen molar-refractivity contribution in [2.24, 2.45) is 5.73 Å². The standard InChI is InChI=1S/C25H28N4O6S/c1-34-22-11-10-18(15-23(22)35-2)36(32,33)29-21(14-17-16-27-20-9-5-4-8-19(17)20)24(30)28(25(29)31)13-7-3-6-12-26/h3-5,7-11,15-16,21,27H,6,12-14,26H2,1-2H3/b7-3+. The Kier molecular flexibility index (Phi) is 7.32. The molecule has 2 heterocycles. The molecule has 0 saturated carbocycles. The lowest BCUT2D eigenvalue weighted by Gasteiger charge is -2.22. The molecule has 1 aromatic heterocycles. The van der Waals surface area contributed by atoms with E-state index >= 15 is 0 Å². The number of hydrogen-bond donors (Lipinski definition) is 2. The Labute approximate surface area is 209 Å². The fourth-order valence-electron chi connectivity index (χ4n) is 4.23. The maximum atomic E-state index is 13.8. The maximum Gasteiger partial charge on any atom is 0.341 e. The highest BCUT2D eigenvalue weighted by Gasteiger charge is 2.51. The summed E-state index contributed by atoms with van der Waals surface area (Å²) in [7, 11) is -1.61. The number of carbonyl (C=O) groups is 2. The van der Waals surface area contributed by atoms with Crippen molar-refractivity contribution in [1.29, 1.82) is 0 Å². The number of hydrogen-bond acceptors (Lipinski definition) is 7. The highest BCUT2D eigenvalue weighted by molar-refractivity contribution is 7.89. The average molecular weight is 513 g/mol. The second kappa shape index (κ2) is 10.4. The van der Waals surface area contributed by atoms with E-state index in [9.17, 15) is 18.0 Å². The van der Waals surface area contributed by atoms with Crippen LogP contribution in [0.5, 0.6) is 11.5 Å².